The van der Waals surface area contributed by atoms with E-state index in [2.05, 4.69) is 37.2 Å². The van der Waals surface area contributed by atoms with Gasteiger partial charge in [0.25, 0.3) is 0 Å². The molecular weight excluding hydrogens is 394 g/mol. The lowest BCUT2D eigenvalue weighted by Crippen LogP contribution is -2.06. The van der Waals surface area contributed by atoms with Crippen molar-refractivity contribution >= 4 is 60.6 Å². The first kappa shape index (κ1) is 14.4. The van der Waals surface area contributed by atoms with Crippen molar-refractivity contribution in [3.63, 3.8) is 0 Å². The minimum absolute atomic E-state index is 0.0363. The molecule has 0 aliphatic heterocycles. The average Bonchev–Trinajstić information content (AvgIpc) is 2.69. The van der Waals surface area contributed by atoms with Gasteiger partial charge in [-0.15, -0.1) is 11.3 Å². The van der Waals surface area contributed by atoms with Gasteiger partial charge in [0.15, 0.2) is 0 Å². The zero-order valence-electron chi connectivity index (χ0n) is 9.87. The maximum atomic E-state index is 12.2. The van der Waals surface area contributed by atoms with Crippen LogP contribution in [0.3, 0.4) is 0 Å². The maximum absolute atomic E-state index is 12.2. The van der Waals surface area contributed by atoms with Crippen LogP contribution >= 0.6 is 43.2 Å². The fourth-order valence-corrected chi connectivity index (χ4v) is 3.51. The first-order chi connectivity index (χ1) is 8.97. The summed E-state index contributed by atoms with van der Waals surface area (Å²) in [5.74, 6) is -0.170. The third-order valence-corrected chi connectivity index (χ3v) is 5.59. The Morgan fingerprint density at radius 2 is 1.79 bits per heavy atom. The summed E-state index contributed by atoms with van der Waals surface area (Å²) in [6, 6.07) is 8.63. The molecule has 3 nitrogen and oxygen atoms in total. The van der Waals surface area contributed by atoms with Crippen molar-refractivity contribution in [1.82, 2.24) is 0 Å². The fourth-order valence-electron chi connectivity index (χ4n) is 1.51. The summed E-state index contributed by atoms with van der Waals surface area (Å²) in [6.07, 6.45) is 0. The van der Waals surface area contributed by atoms with Gasteiger partial charge >= 0.3 is 0 Å². The van der Waals surface area contributed by atoms with E-state index in [4.69, 9.17) is 0 Å². The number of amides is 1. The highest BCUT2D eigenvalue weighted by Crippen LogP contribution is 2.33. The third kappa shape index (κ3) is 3.52. The van der Waals surface area contributed by atoms with Crippen LogP contribution < -0.4 is 5.32 Å². The zero-order chi connectivity index (χ0) is 14.0. The molecule has 1 aromatic carbocycles. The summed E-state index contributed by atoms with van der Waals surface area (Å²) in [6.45, 7) is 1.44. The molecule has 1 aromatic heterocycles. The molecule has 1 heterocycles. The standard InChI is InChI=1S/C13H9Br2NO2S/c1-7(17)16-9-4-2-8(3-5-9)12(18)11-6-10(14)13(15)19-11/h2-6H,1H3,(H,16,17). The largest absolute Gasteiger partial charge is 0.326 e. The van der Waals surface area contributed by atoms with Gasteiger partial charge in [0.2, 0.25) is 11.7 Å². The molecule has 0 aliphatic carbocycles. The Morgan fingerprint density at radius 1 is 1.16 bits per heavy atom. The van der Waals surface area contributed by atoms with Gasteiger partial charge in [0, 0.05) is 22.6 Å². The molecule has 2 rings (SSSR count). The molecule has 0 unspecified atom stereocenters. The van der Waals surface area contributed by atoms with E-state index in [1.807, 2.05) is 0 Å². The number of hydrogen-bond acceptors (Lipinski definition) is 3. The van der Waals surface area contributed by atoms with Crippen molar-refractivity contribution in [1.29, 1.82) is 0 Å². The Bertz CT molecular complexity index is 615. The Morgan fingerprint density at radius 3 is 2.26 bits per heavy atom. The van der Waals surface area contributed by atoms with Crippen LogP contribution in [-0.4, -0.2) is 11.7 Å². The van der Waals surface area contributed by atoms with Gasteiger partial charge in [0.05, 0.1) is 8.66 Å². The molecule has 1 amide bonds. The lowest BCUT2D eigenvalue weighted by molar-refractivity contribution is -0.114. The van der Waals surface area contributed by atoms with Gasteiger partial charge in [-0.3, -0.25) is 9.59 Å². The minimum atomic E-state index is -0.134. The SMILES string of the molecule is CC(=O)Nc1ccc(C(=O)c2cc(Br)c(Br)s2)cc1. The van der Waals surface area contributed by atoms with E-state index in [0.717, 1.165) is 8.26 Å². The first-order valence-electron chi connectivity index (χ1n) is 5.34. The van der Waals surface area contributed by atoms with E-state index in [-0.39, 0.29) is 11.7 Å². The lowest BCUT2D eigenvalue weighted by atomic mass is 10.1. The number of rotatable bonds is 3. The molecule has 0 radical (unpaired) electrons. The summed E-state index contributed by atoms with van der Waals surface area (Å²) >= 11 is 8.11. The molecule has 0 fully saturated rings. The second-order valence-corrected chi connectivity index (χ2v) is 7.04. The molecular formula is C13H9Br2NO2S. The number of thiophene rings is 1. The number of carbonyl (C=O) groups is 2. The normalized spacial score (nSPS) is 10.3. The molecule has 0 aliphatic rings. The quantitative estimate of drug-likeness (QED) is 0.770. The van der Waals surface area contributed by atoms with Crippen LogP contribution in [0.2, 0.25) is 0 Å². The van der Waals surface area contributed by atoms with Gasteiger partial charge in [-0.1, -0.05) is 0 Å². The number of carbonyl (C=O) groups excluding carboxylic acids is 2. The van der Waals surface area contributed by atoms with Crippen LogP contribution in [0.4, 0.5) is 5.69 Å². The fraction of sp³-hybridized carbons (Fsp3) is 0.0769. The predicted octanol–water partition coefficient (Wildman–Crippen LogP) is 4.46. The molecule has 2 aromatic rings. The summed E-state index contributed by atoms with van der Waals surface area (Å²) < 4.78 is 1.77. The van der Waals surface area contributed by atoms with Crippen molar-refractivity contribution in [2.24, 2.45) is 0 Å². The highest BCUT2D eigenvalue weighted by atomic mass is 79.9. The van der Waals surface area contributed by atoms with Crippen LogP contribution in [0.25, 0.3) is 0 Å². The maximum Gasteiger partial charge on any atom is 0.221 e. The van der Waals surface area contributed by atoms with Crippen LogP contribution in [0.5, 0.6) is 0 Å². The molecule has 0 atom stereocenters. The van der Waals surface area contributed by atoms with Crippen LogP contribution in [0.15, 0.2) is 38.6 Å². The van der Waals surface area contributed by atoms with Gasteiger partial charge in [-0.2, -0.15) is 0 Å². The Labute approximate surface area is 131 Å². The molecule has 0 saturated carbocycles. The lowest BCUT2D eigenvalue weighted by Gasteiger charge is -2.03. The predicted molar refractivity (Wildman–Crippen MR) is 83.9 cm³/mol. The van der Waals surface area contributed by atoms with E-state index in [0.29, 0.717) is 16.1 Å². The van der Waals surface area contributed by atoms with E-state index in [9.17, 15) is 9.59 Å². The number of ketones is 1. The molecule has 0 bridgehead atoms. The van der Waals surface area contributed by atoms with Crippen LogP contribution in [-0.2, 0) is 4.79 Å². The van der Waals surface area contributed by atoms with E-state index >= 15 is 0 Å². The molecule has 1 N–H and O–H groups in total. The van der Waals surface area contributed by atoms with E-state index in [1.54, 1.807) is 30.3 Å². The van der Waals surface area contributed by atoms with Gasteiger partial charge in [-0.05, 0) is 62.2 Å². The summed E-state index contributed by atoms with van der Waals surface area (Å²) in [5, 5.41) is 2.66. The van der Waals surface area contributed by atoms with E-state index in [1.165, 1.54) is 18.3 Å². The zero-order valence-corrected chi connectivity index (χ0v) is 13.9. The Hall–Kier alpha value is -0.980. The summed E-state index contributed by atoms with van der Waals surface area (Å²) in [7, 11) is 0. The topological polar surface area (TPSA) is 46.2 Å². The second-order valence-electron chi connectivity index (χ2n) is 3.82. The smallest absolute Gasteiger partial charge is 0.221 e. The molecule has 0 spiro atoms. The summed E-state index contributed by atoms with van der Waals surface area (Å²) in [4.78, 5) is 23.8. The third-order valence-electron chi connectivity index (χ3n) is 2.34. The first-order valence-corrected chi connectivity index (χ1v) is 7.75. The number of nitrogens with one attached hydrogen (secondary N) is 1. The Kier molecular flexibility index (Phi) is 4.54. The Balaban J connectivity index is 2.22. The number of hydrogen-bond donors (Lipinski definition) is 1. The van der Waals surface area contributed by atoms with Gasteiger partial charge < -0.3 is 5.32 Å². The van der Waals surface area contributed by atoms with Gasteiger partial charge in [-0.25, -0.2) is 0 Å². The van der Waals surface area contributed by atoms with Crippen molar-refractivity contribution in [3.8, 4) is 0 Å². The van der Waals surface area contributed by atoms with Crippen LogP contribution in [0, 0.1) is 0 Å². The number of anilines is 1. The van der Waals surface area contributed by atoms with Gasteiger partial charge in [0.1, 0.15) is 0 Å². The average molecular weight is 403 g/mol. The van der Waals surface area contributed by atoms with Crippen molar-refractivity contribution in [2.75, 3.05) is 5.32 Å². The molecule has 98 valence electrons. The highest BCUT2D eigenvalue weighted by Gasteiger charge is 2.14. The summed E-state index contributed by atoms with van der Waals surface area (Å²) in [5.41, 5.74) is 1.27. The molecule has 0 saturated heterocycles. The molecule has 6 heteroatoms. The van der Waals surface area contributed by atoms with Crippen molar-refractivity contribution < 1.29 is 9.59 Å². The van der Waals surface area contributed by atoms with Crippen LogP contribution in [0.1, 0.15) is 22.2 Å². The number of benzene rings is 1. The van der Waals surface area contributed by atoms with E-state index < -0.39 is 0 Å². The second kappa shape index (κ2) is 5.98. The van der Waals surface area contributed by atoms with Crippen molar-refractivity contribution in [2.45, 2.75) is 6.92 Å². The molecule has 19 heavy (non-hydrogen) atoms. The monoisotopic (exact) mass is 401 g/mol. The van der Waals surface area contributed by atoms with Crippen molar-refractivity contribution in [3.05, 3.63) is 49.0 Å². The minimum Gasteiger partial charge on any atom is -0.326 e. The highest BCUT2D eigenvalue weighted by molar-refractivity contribution is 9.13. The number of halogens is 2.